The van der Waals surface area contributed by atoms with Crippen molar-refractivity contribution in [3.8, 4) is 0 Å². The topological polar surface area (TPSA) is 49.9 Å². The zero-order valence-electron chi connectivity index (χ0n) is 10.4. The van der Waals surface area contributed by atoms with Crippen LogP contribution in [0.4, 0.5) is 5.69 Å². The van der Waals surface area contributed by atoms with Crippen LogP contribution in [0.1, 0.15) is 24.2 Å². The number of aromatic nitrogens is 2. The lowest BCUT2D eigenvalue weighted by molar-refractivity contribution is 0.185. The Balaban J connectivity index is 2.20. The molecule has 0 bridgehead atoms. The third-order valence-corrected chi connectivity index (χ3v) is 3.51. The molecule has 1 unspecified atom stereocenters. The highest BCUT2D eigenvalue weighted by Gasteiger charge is 2.11. The van der Waals surface area contributed by atoms with Crippen molar-refractivity contribution in [2.45, 2.75) is 19.6 Å². The molecule has 2 aromatic rings. The summed E-state index contributed by atoms with van der Waals surface area (Å²) in [6, 6.07) is 8.20. The molecular weight excluding hydrogens is 294 g/mol. The fourth-order valence-corrected chi connectivity index (χ4v) is 2.28. The Bertz CT molecular complexity index is 499. The average molecular weight is 310 g/mol. The average Bonchev–Trinajstić information content (AvgIpc) is 2.87. The molecule has 0 radical (unpaired) electrons. The Labute approximate surface area is 115 Å². The van der Waals surface area contributed by atoms with E-state index in [9.17, 15) is 0 Å². The van der Waals surface area contributed by atoms with Gasteiger partial charge in [-0.05, 0) is 25.1 Å². The second-order valence-electron chi connectivity index (χ2n) is 4.08. The standard InChI is InChI=1S/C13H16BrN3O/c1-9(12-6-7-15-17-12)16-13-5-3-4-11(14)10(13)8-18-2/h3-7,9,16H,8H2,1-2H3,(H,15,17). The molecule has 0 spiro atoms. The number of ether oxygens (including phenoxy) is 1. The monoisotopic (exact) mass is 309 g/mol. The number of aromatic amines is 1. The van der Waals surface area contributed by atoms with Crippen LogP contribution in [0.3, 0.4) is 0 Å². The molecule has 0 aliphatic rings. The Morgan fingerprint density at radius 1 is 1.44 bits per heavy atom. The van der Waals surface area contributed by atoms with Gasteiger partial charge >= 0.3 is 0 Å². The second kappa shape index (κ2) is 6.02. The molecule has 1 aromatic carbocycles. The van der Waals surface area contributed by atoms with Crippen molar-refractivity contribution in [1.82, 2.24) is 10.2 Å². The van der Waals surface area contributed by atoms with Gasteiger partial charge in [-0.1, -0.05) is 22.0 Å². The minimum atomic E-state index is 0.164. The molecule has 1 heterocycles. The third-order valence-electron chi connectivity index (χ3n) is 2.77. The van der Waals surface area contributed by atoms with Crippen LogP contribution in [0.25, 0.3) is 0 Å². The van der Waals surface area contributed by atoms with E-state index in [0.717, 1.165) is 21.4 Å². The molecule has 0 aliphatic carbocycles. The van der Waals surface area contributed by atoms with E-state index in [4.69, 9.17) is 4.74 Å². The van der Waals surface area contributed by atoms with E-state index in [1.165, 1.54) is 0 Å². The van der Waals surface area contributed by atoms with E-state index >= 15 is 0 Å². The quantitative estimate of drug-likeness (QED) is 0.889. The predicted molar refractivity (Wildman–Crippen MR) is 75.5 cm³/mol. The van der Waals surface area contributed by atoms with Crippen LogP contribution in [0.2, 0.25) is 0 Å². The van der Waals surface area contributed by atoms with Crippen LogP contribution in [0.15, 0.2) is 34.9 Å². The van der Waals surface area contributed by atoms with Crippen LogP contribution >= 0.6 is 15.9 Å². The number of methoxy groups -OCH3 is 1. The summed E-state index contributed by atoms with van der Waals surface area (Å²) in [4.78, 5) is 0. The van der Waals surface area contributed by atoms with Gasteiger partial charge in [0, 0.05) is 29.0 Å². The van der Waals surface area contributed by atoms with Gasteiger partial charge in [0.15, 0.2) is 0 Å². The molecule has 5 heteroatoms. The van der Waals surface area contributed by atoms with E-state index < -0.39 is 0 Å². The SMILES string of the molecule is COCc1c(Br)cccc1NC(C)c1ccn[nH]1. The first kappa shape index (κ1) is 13.1. The molecule has 2 rings (SSSR count). The van der Waals surface area contributed by atoms with E-state index in [1.54, 1.807) is 13.3 Å². The summed E-state index contributed by atoms with van der Waals surface area (Å²) >= 11 is 3.55. The highest BCUT2D eigenvalue weighted by atomic mass is 79.9. The highest BCUT2D eigenvalue weighted by Crippen LogP contribution is 2.28. The summed E-state index contributed by atoms with van der Waals surface area (Å²) in [6.45, 7) is 2.66. The number of H-pyrrole nitrogens is 1. The van der Waals surface area contributed by atoms with E-state index in [1.807, 2.05) is 24.3 Å². The van der Waals surface area contributed by atoms with Gasteiger partial charge in [-0.2, -0.15) is 5.10 Å². The first-order chi connectivity index (χ1) is 8.72. The Hall–Kier alpha value is -1.33. The lowest BCUT2D eigenvalue weighted by atomic mass is 10.1. The summed E-state index contributed by atoms with van der Waals surface area (Å²) < 4.78 is 6.28. The summed E-state index contributed by atoms with van der Waals surface area (Å²) in [7, 11) is 1.70. The summed E-state index contributed by atoms with van der Waals surface area (Å²) in [5, 5.41) is 10.4. The number of anilines is 1. The zero-order valence-corrected chi connectivity index (χ0v) is 12.0. The van der Waals surface area contributed by atoms with Crippen LogP contribution < -0.4 is 5.32 Å². The zero-order chi connectivity index (χ0) is 13.0. The third kappa shape index (κ3) is 2.91. The van der Waals surface area contributed by atoms with E-state index in [2.05, 4.69) is 38.4 Å². The Morgan fingerprint density at radius 3 is 2.94 bits per heavy atom. The number of hydrogen-bond acceptors (Lipinski definition) is 3. The van der Waals surface area contributed by atoms with Crippen LogP contribution in [-0.2, 0) is 11.3 Å². The molecular formula is C13H16BrN3O. The molecule has 1 aromatic heterocycles. The fraction of sp³-hybridized carbons (Fsp3) is 0.308. The number of halogens is 1. The van der Waals surface area contributed by atoms with Crippen LogP contribution in [0.5, 0.6) is 0 Å². The van der Waals surface area contributed by atoms with Gasteiger partial charge in [-0.15, -0.1) is 0 Å². The number of nitrogens with zero attached hydrogens (tertiary/aromatic N) is 1. The maximum absolute atomic E-state index is 5.23. The largest absolute Gasteiger partial charge is 0.380 e. The highest BCUT2D eigenvalue weighted by molar-refractivity contribution is 9.10. The fourth-order valence-electron chi connectivity index (χ4n) is 1.80. The van der Waals surface area contributed by atoms with Gasteiger partial charge in [-0.3, -0.25) is 5.10 Å². The lowest BCUT2D eigenvalue weighted by Crippen LogP contribution is -2.09. The van der Waals surface area contributed by atoms with Gasteiger partial charge in [0.05, 0.1) is 18.3 Å². The number of hydrogen-bond donors (Lipinski definition) is 2. The van der Waals surface area contributed by atoms with Crippen molar-refractivity contribution in [2.24, 2.45) is 0 Å². The molecule has 2 N–H and O–H groups in total. The summed E-state index contributed by atoms with van der Waals surface area (Å²) in [5.41, 5.74) is 3.23. The number of benzene rings is 1. The molecule has 0 aliphatic heterocycles. The Kier molecular flexibility index (Phi) is 4.38. The van der Waals surface area contributed by atoms with E-state index in [0.29, 0.717) is 6.61 Å². The first-order valence-electron chi connectivity index (χ1n) is 5.74. The smallest absolute Gasteiger partial charge is 0.0744 e. The van der Waals surface area contributed by atoms with Gasteiger partial charge in [0.2, 0.25) is 0 Å². The molecule has 0 fully saturated rings. The summed E-state index contributed by atoms with van der Waals surface area (Å²) in [6.07, 6.45) is 1.75. The lowest BCUT2D eigenvalue weighted by Gasteiger charge is -2.17. The summed E-state index contributed by atoms with van der Waals surface area (Å²) in [5.74, 6) is 0. The van der Waals surface area contributed by atoms with Crippen molar-refractivity contribution in [2.75, 3.05) is 12.4 Å². The van der Waals surface area contributed by atoms with Crippen molar-refractivity contribution in [3.63, 3.8) is 0 Å². The van der Waals surface area contributed by atoms with E-state index in [-0.39, 0.29) is 6.04 Å². The van der Waals surface area contributed by atoms with Gasteiger partial charge < -0.3 is 10.1 Å². The maximum atomic E-state index is 5.23. The molecule has 18 heavy (non-hydrogen) atoms. The second-order valence-corrected chi connectivity index (χ2v) is 4.93. The maximum Gasteiger partial charge on any atom is 0.0744 e. The van der Waals surface area contributed by atoms with Gasteiger partial charge in [-0.25, -0.2) is 0 Å². The van der Waals surface area contributed by atoms with Crippen LogP contribution in [-0.4, -0.2) is 17.3 Å². The van der Waals surface area contributed by atoms with Crippen molar-refractivity contribution < 1.29 is 4.74 Å². The molecule has 96 valence electrons. The van der Waals surface area contributed by atoms with Crippen molar-refractivity contribution in [3.05, 3.63) is 46.2 Å². The minimum Gasteiger partial charge on any atom is -0.380 e. The van der Waals surface area contributed by atoms with Crippen molar-refractivity contribution >= 4 is 21.6 Å². The number of rotatable bonds is 5. The predicted octanol–water partition coefficient (Wildman–Crippen LogP) is 3.49. The molecule has 1 atom stereocenters. The van der Waals surface area contributed by atoms with Gasteiger partial charge in [0.25, 0.3) is 0 Å². The number of nitrogens with one attached hydrogen (secondary N) is 2. The molecule has 0 saturated heterocycles. The van der Waals surface area contributed by atoms with Gasteiger partial charge in [0.1, 0.15) is 0 Å². The van der Waals surface area contributed by atoms with Crippen molar-refractivity contribution in [1.29, 1.82) is 0 Å². The molecule has 4 nitrogen and oxygen atoms in total. The Morgan fingerprint density at radius 2 is 2.28 bits per heavy atom. The van der Waals surface area contributed by atoms with Crippen LogP contribution in [0, 0.1) is 0 Å². The normalized spacial score (nSPS) is 12.4. The minimum absolute atomic E-state index is 0.164. The molecule has 0 amide bonds. The molecule has 0 saturated carbocycles. The first-order valence-corrected chi connectivity index (χ1v) is 6.53.